The standard InChI is InChI=1S/C21H30N4O4.HI/c1-3-28-14-5-11-23-21(25-16-17-7-9-18(27-2)10-8-17)24-13-12-22-20(26)19-6-4-15-29-19;/h4,6-10,15H,3,5,11-14,16H2,1-2H3,(H,22,26)(H2,23,24,25);1H. The van der Waals surface area contributed by atoms with Gasteiger partial charge in [0.15, 0.2) is 11.7 Å². The summed E-state index contributed by atoms with van der Waals surface area (Å²) >= 11 is 0. The van der Waals surface area contributed by atoms with E-state index >= 15 is 0 Å². The van der Waals surface area contributed by atoms with E-state index in [0.717, 1.165) is 24.3 Å². The number of guanidine groups is 1. The first-order valence-electron chi connectivity index (χ1n) is 9.77. The lowest BCUT2D eigenvalue weighted by atomic mass is 10.2. The molecular weight excluding hydrogens is 499 g/mol. The summed E-state index contributed by atoms with van der Waals surface area (Å²) in [4.78, 5) is 16.5. The molecule has 166 valence electrons. The molecule has 0 aliphatic rings. The van der Waals surface area contributed by atoms with Gasteiger partial charge in [0.2, 0.25) is 0 Å². The van der Waals surface area contributed by atoms with Crippen molar-refractivity contribution in [1.29, 1.82) is 0 Å². The van der Waals surface area contributed by atoms with Crippen LogP contribution in [-0.4, -0.2) is 51.8 Å². The van der Waals surface area contributed by atoms with Gasteiger partial charge in [-0.3, -0.25) is 4.79 Å². The molecule has 0 atom stereocenters. The molecule has 2 rings (SSSR count). The number of nitrogens with zero attached hydrogens (tertiary/aromatic N) is 1. The van der Waals surface area contributed by atoms with Gasteiger partial charge in [-0.1, -0.05) is 12.1 Å². The second-order valence-electron chi connectivity index (χ2n) is 6.15. The Hall–Kier alpha value is -2.27. The number of carbonyl (C=O) groups is 1. The first-order chi connectivity index (χ1) is 14.2. The van der Waals surface area contributed by atoms with E-state index in [0.29, 0.717) is 44.6 Å². The Kier molecular flexibility index (Phi) is 13.4. The van der Waals surface area contributed by atoms with E-state index in [1.54, 1.807) is 19.2 Å². The maximum Gasteiger partial charge on any atom is 0.287 e. The van der Waals surface area contributed by atoms with Gasteiger partial charge >= 0.3 is 0 Å². The van der Waals surface area contributed by atoms with E-state index in [-0.39, 0.29) is 29.9 Å². The van der Waals surface area contributed by atoms with E-state index in [4.69, 9.17) is 13.9 Å². The largest absolute Gasteiger partial charge is 0.497 e. The lowest BCUT2D eigenvalue weighted by Crippen LogP contribution is -2.42. The van der Waals surface area contributed by atoms with Gasteiger partial charge in [-0.05, 0) is 43.2 Å². The van der Waals surface area contributed by atoms with Crippen LogP contribution in [0.3, 0.4) is 0 Å². The number of amides is 1. The summed E-state index contributed by atoms with van der Waals surface area (Å²) in [7, 11) is 1.64. The molecule has 0 radical (unpaired) electrons. The van der Waals surface area contributed by atoms with E-state index in [1.807, 2.05) is 31.2 Å². The van der Waals surface area contributed by atoms with Crippen molar-refractivity contribution in [2.75, 3.05) is 40.0 Å². The van der Waals surface area contributed by atoms with Gasteiger partial charge in [0.25, 0.3) is 5.91 Å². The topological polar surface area (TPSA) is 97.1 Å². The van der Waals surface area contributed by atoms with Gasteiger partial charge in [-0.2, -0.15) is 0 Å². The van der Waals surface area contributed by atoms with Crippen LogP contribution in [0.25, 0.3) is 0 Å². The summed E-state index contributed by atoms with van der Waals surface area (Å²) in [6, 6.07) is 11.1. The third-order valence-corrected chi connectivity index (χ3v) is 3.99. The number of hydrogen-bond donors (Lipinski definition) is 3. The molecule has 0 aliphatic heterocycles. The second kappa shape index (κ2) is 15.6. The molecule has 1 aromatic heterocycles. The highest BCUT2D eigenvalue weighted by Crippen LogP contribution is 2.11. The summed E-state index contributed by atoms with van der Waals surface area (Å²) in [5.74, 6) is 1.56. The molecule has 9 heteroatoms. The van der Waals surface area contributed by atoms with Crippen LogP contribution in [0.15, 0.2) is 52.1 Å². The average Bonchev–Trinajstić information content (AvgIpc) is 3.29. The normalized spacial score (nSPS) is 10.8. The molecule has 0 fully saturated rings. The zero-order valence-corrected chi connectivity index (χ0v) is 19.8. The van der Waals surface area contributed by atoms with E-state index < -0.39 is 0 Å². The fourth-order valence-corrected chi connectivity index (χ4v) is 2.45. The molecule has 30 heavy (non-hydrogen) atoms. The number of rotatable bonds is 12. The molecule has 0 spiro atoms. The maximum absolute atomic E-state index is 11.9. The quantitative estimate of drug-likeness (QED) is 0.169. The smallest absolute Gasteiger partial charge is 0.287 e. The van der Waals surface area contributed by atoms with Crippen molar-refractivity contribution < 1.29 is 18.7 Å². The highest BCUT2D eigenvalue weighted by Gasteiger charge is 2.07. The lowest BCUT2D eigenvalue weighted by Gasteiger charge is -2.13. The van der Waals surface area contributed by atoms with Crippen LogP contribution < -0.4 is 20.7 Å². The predicted octanol–water partition coefficient (Wildman–Crippen LogP) is 2.80. The fraction of sp³-hybridized carbons (Fsp3) is 0.429. The molecule has 8 nitrogen and oxygen atoms in total. The summed E-state index contributed by atoms with van der Waals surface area (Å²) in [5.41, 5.74) is 1.08. The van der Waals surface area contributed by atoms with Crippen LogP contribution in [0.2, 0.25) is 0 Å². The third kappa shape index (κ3) is 9.97. The Morgan fingerprint density at radius 1 is 1.07 bits per heavy atom. The number of benzene rings is 1. The minimum Gasteiger partial charge on any atom is -0.497 e. The minimum atomic E-state index is -0.238. The predicted molar refractivity (Wildman–Crippen MR) is 128 cm³/mol. The van der Waals surface area contributed by atoms with Crippen molar-refractivity contribution in [3.8, 4) is 5.75 Å². The number of aliphatic imine (C=N–C) groups is 1. The first-order valence-corrected chi connectivity index (χ1v) is 9.77. The Morgan fingerprint density at radius 3 is 2.47 bits per heavy atom. The molecule has 0 unspecified atom stereocenters. The number of nitrogens with one attached hydrogen (secondary N) is 3. The monoisotopic (exact) mass is 530 g/mol. The van der Waals surface area contributed by atoms with Crippen LogP contribution in [0.5, 0.6) is 5.75 Å². The van der Waals surface area contributed by atoms with E-state index in [9.17, 15) is 4.79 Å². The Morgan fingerprint density at radius 2 is 1.80 bits per heavy atom. The number of furan rings is 1. The number of ether oxygens (including phenoxy) is 2. The van der Waals surface area contributed by atoms with Crippen LogP contribution in [-0.2, 0) is 11.3 Å². The van der Waals surface area contributed by atoms with E-state index in [1.165, 1.54) is 6.26 Å². The van der Waals surface area contributed by atoms with Crippen molar-refractivity contribution >= 4 is 35.8 Å². The molecule has 1 aromatic carbocycles. The molecule has 0 saturated heterocycles. The molecule has 1 heterocycles. The van der Waals surface area contributed by atoms with Gasteiger partial charge < -0.3 is 29.8 Å². The van der Waals surface area contributed by atoms with Crippen LogP contribution >= 0.6 is 24.0 Å². The Bertz CT molecular complexity index is 736. The highest BCUT2D eigenvalue weighted by molar-refractivity contribution is 14.0. The molecule has 2 aromatic rings. The minimum absolute atomic E-state index is 0. The molecule has 3 N–H and O–H groups in total. The van der Waals surface area contributed by atoms with Crippen LogP contribution in [0.1, 0.15) is 29.5 Å². The zero-order valence-electron chi connectivity index (χ0n) is 17.5. The number of methoxy groups -OCH3 is 1. The Labute approximate surface area is 194 Å². The third-order valence-electron chi connectivity index (χ3n) is 3.99. The molecule has 0 saturated carbocycles. The lowest BCUT2D eigenvalue weighted by molar-refractivity contribution is 0.0926. The van der Waals surface area contributed by atoms with Crippen molar-refractivity contribution in [1.82, 2.24) is 16.0 Å². The van der Waals surface area contributed by atoms with Crippen molar-refractivity contribution in [3.05, 3.63) is 54.0 Å². The molecule has 0 bridgehead atoms. The molecule has 0 aliphatic carbocycles. The summed E-state index contributed by atoms with van der Waals surface area (Å²) < 4.78 is 15.6. The SMILES string of the molecule is CCOCCCNC(=NCc1ccc(OC)cc1)NCCNC(=O)c1ccco1.I. The van der Waals surface area contributed by atoms with Crippen LogP contribution in [0.4, 0.5) is 0 Å². The zero-order chi connectivity index (χ0) is 20.7. The average molecular weight is 530 g/mol. The highest BCUT2D eigenvalue weighted by atomic mass is 127. The van der Waals surface area contributed by atoms with Gasteiger partial charge in [0, 0.05) is 32.8 Å². The maximum atomic E-state index is 11.9. The first kappa shape index (κ1) is 25.8. The van der Waals surface area contributed by atoms with E-state index in [2.05, 4.69) is 20.9 Å². The van der Waals surface area contributed by atoms with Crippen molar-refractivity contribution in [3.63, 3.8) is 0 Å². The number of hydrogen-bond acceptors (Lipinski definition) is 5. The van der Waals surface area contributed by atoms with Gasteiger partial charge in [-0.15, -0.1) is 24.0 Å². The summed E-state index contributed by atoms with van der Waals surface area (Å²) in [5, 5.41) is 9.32. The van der Waals surface area contributed by atoms with Gasteiger partial charge in [0.1, 0.15) is 5.75 Å². The summed E-state index contributed by atoms with van der Waals surface area (Å²) in [6.45, 7) is 5.65. The summed E-state index contributed by atoms with van der Waals surface area (Å²) in [6.07, 6.45) is 2.36. The Balaban J connectivity index is 0.00000450. The van der Waals surface area contributed by atoms with Crippen molar-refractivity contribution in [2.24, 2.45) is 4.99 Å². The fourth-order valence-electron chi connectivity index (χ4n) is 2.45. The van der Waals surface area contributed by atoms with Gasteiger partial charge in [-0.25, -0.2) is 4.99 Å². The van der Waals surface area contributed by atoms with Gasteiger partial charge in [0.05, 0.1) is 19.9 Å². The number of halogens is 1. The molecule has 1 amide bonds. The molecular formula is C21H31IN4O4. The second-order valence-corrected chi connectivity index (χ2v) is 6.15. The van der Waals surface area contributed by atoms with Crippen LogP contribution in [0, 0.1) is 0 Å². The number of carbonyl (C=O) groups excluding carboxylic acids is 1. The van der Waals surface area contributed by atoms with Crippen molar-refractivity contribution in [2.45, 2.75) is 19.9 Å².